The van der Waals surface area contributed by atoms with E-state index in [4.69, 9.17) is 9.84 Å². The first-order valence-corrected chi connectivity index (χ1v) is 7.13. The van der Waals surface area contributed by atoms with E-state index in [2.05, 4.69) is 5.32 Å². The number of aliphatic hydroxyl groups excluding tert-OH is 1. The van der Waals surface area contributed by atoms with Gasteiger partial charge in [0.25, 0.3) is 11.6 Å². The van der Waals surface area contributed by atoms with Crippen LogP contribution in [0.1, 0.15) is 16.8 Å². The largest absolute Gasteiger partial charge is 0.396 e. The summed E-state index contributed by atoms with van der Waals surface area (Å²) in [5.41, 5.74) is 0.651. The molecule has 1 fully saturated rings. The van der Waals surface area contributed by atoms with Crippen molar-refractivity contribution in [3.8, 4) is 0 Å². The van der Waals surface area contributed by atoms with Gasteiger partial charge in [0.2, 0.25) is 0 Å². The van der Waals surface area contributed by atoms with Gasteiger partial charge >= 0.3 is 0 Å². The predicted octanol–water partition coefficient (Wildman–Crippen LogP) is 0.544. The van der Waals surface area contributed by atoms with Gasteiger partial charge in [-0.2, -0.15) is 0 Å². The third-order valence-electron chi connectivity index (χ3n) is 3.41. The van der Waals surface area contributed by atoms with E-state index in [1.54, 1.807) is 12.1 Å². The molecular weight excluding hydrogens is 290 g/mol. The molecule has 1 aromatic rings. The summed E-state index contributed by atoms with van der Waals surface area (Å²) < 4.78 is 5.24. The van der Waals surface area contributed by atoms with Crippen molar-refractivity contribution < 1.29 is 19.6 Å². The maximum Gasteiger partial charge on any atom is 0.293 e. The van der Waals surface area contributed by atoms with Gasteiger partial charge in [0, 0.05) is 37.9 Å². The number of nitro groups is 1. The molecular formula is C14H19N3O5. The first-order chi connectivity index (χ1) is 10.6. The highest BCUT2D eigenvalue weighted by molar-refractivity contribution is 5.95. The van der Waals surface area contributed by atoms with Crippen LogP contribution in [0.15, 0.2) is 18.2 Å². The molecule has 0 atom stereocenters. The summed E-state index contributed by atoms with van der Waals surface area (Å²) >= 11 is 0. The Labute approximate surface area is 127 Å². The molecule has 1 aliphatic heterocycles. The van der Waals surface area contributed by atoms with Crippen LogP contribution in [-0.2, 0) is 4.74 Å². The SMILES string of the molecule is O=C(NCCCO)c1ccc(N2CCOCC2)c([N+](=O)[O-])c1. The number of nitrogens with one attached hydrogen (secondary N) is 1. The van der Waals surface area contributed by atoms with Crippen LogP contribution >= 0.6 is 0 Å². The molecule has 0 spiro atoms. The van der Waals surface area contributed by atoms with Crippen LogP contribution in [0.25, 0.3) is 0 Å². The van der Waals surface area contributed by atoms with Crippen LogP contribution in [0.5, 0.6) is 0 Å². The Morgan fingerprint density at radius 1 is 1.41 bits per heavy atom. The first kappa shape index (κ1) is 16.2. The molecule has 0 aromatic heterocycles. The van der Waals surface area contributed by atoms with Gasteiger partial charge in [-0.25, -0.2) is 0 Å². The standard InChI is InChI=1S/C14H19N3O5/c18-7-1-4-15-14(19)11-2-3-12(13(10-11)17(20)21)16-5-8-22-9-6-16/h2-3,10,18H,1,4-9H2,(H,15,19). The lowest BCUT2D eigenvalue weighted by Crippen LogP contribution is -2.36. The number of carbonyl (C=O) groups is 1. The first-order valence-electron chi connectivity index (χ1n) is 7.13. The Balaban J connectivity index is 2.19. The molecule has 1 saturated heterocycles. The number of morpholine rings is 1. The molecule has 0 unspecified atom stereocenters. The summed E-state index contributed by atoms with van der Waals surface area (Å²) in [6.07, 6.45) is 0.444. The van der Waals surface area contributed by atoms with Crippen molar-refractivity contribution in [1.82, 2.24) is 5.32 Å². The van der Waals surface area contributed by atoms with Gasteiger partial charge in [-0.15, -0.1) is 0 Å². The molecule has 2 rings (SSSR count). The number of hydrogen-bond donors (Lipinski definition) is 2. The quantitative estimate of drug-likeness (QED) is 0.451. The number of nitro benzene ring substituents is 1. The van der Waals surface area contributed by atoms with Crippen LogP contribution in [0.3, 0.4) is 0 Å². The third-order valence-corrected chi connectivity index (χ3v) is 3.41. The molecule has 1 aromatic carbocycles. The molecule has 1 heterocycles. The minimum absolute atomic E-state index is 0.0175. The minimum Gasteiger partial charge on any atom is -0.396 e. The van der Waals surface area contributed by atoms with E-state index < -0.39 is 4.92 Å². The fraction of sp³-hybridized carbons (Fsp3) is 0.500. The number of carbonyl (C=O) groups excluding carboxylic acids is 1. The molecule has 0 bridgehead atoms. The van der Waals surface area contributed by atoms with Gasteiger partial charge in [0.15, 0.2) is 0 Å². The summed E-state index contributed by atoms with van der Waals surface area (Å²) in [5, 5.41) is 22.6. The lowest BCUT2D eigenvalue weighted by Gasteiger charge is -2.28. The Bertz CT molecular complexity index is 543. The van der Waals surface area contributed by atoms with Gasteiger partial charge in [-0.1, -0.05) is 0 Å². The second kappa shape index (κ2) is 7.71. The van der Waals surface area contributed by atoms with Crippen molar-refractivity contribution in [3.63, 3.8) is 0 Å². The minimum atomic E-state index is -0.477. The number of nitrogens with zero attached hydrogens (tertiary/aromatic N) is 2. The third kappa shape index (κ3) is 3.92. The van der Waals surface area contributed by atoms with Gasteiger partial charge in [-0.05, 0) is 18.6 Å². The fourth-order valence-corrected chi connectivity index (χ4v) is 2.27. The van der Waals surface area contributed by atoms with Crippen LogP contribution in [-0.4, -0.2) is 55.4 Å². The maximum absolute atomic E-state index is 11.9. The molecule has 0 radical (unpaired) electrons. The lowest BCUT2D eigenvalue weighted by molar-refractivity contribution is -0.384. The van der Waals surface area contributed by atoms with Gasteiger partial charge < -0.3 is 20.1 Å². The van der Waals surface area contributed by atoms with E-state index in [1.807, 2.05) is 4.90 Å². The van der Waals surface area contributed by atoms with E-state index in [0.717, 1.165) is 0 Å². The van der Waals surface area contributed by atoms with Crippen molar-refractivity contribution in [2.45, 2.75) is 6.42 Å². The molecule has 1 amide bonds. The van der Waals surface area contributed by atoms with Crippen LogP contribution in [0.4, 0.5) is 11.4 Å². The summed E-state index contributed by atoms with van der Waals surface area (Å²) in [4.78, 5) is 24.6. The second-order valence-corrected chi connectivity index (χ2v) is 4.89. The highest BCUT2D eigenvalue weighted by atomic mass is 16.6. The summed E-state index contributed by atoms with van der Waals surface area (Å²) in [7, 11) is 0. The number of amides is 1. The molecule has 8 heteroatoms. The smallest absolute Gasteiger partial charge is 0.293 e. The monoisotopic (exact) mass is 309 g/mol. The van der Waals surface area contributed by atoms with Crippen molar-refractivity contribution >= 4 is 17.3 Å². The summed E-state index contributed by atoms with van der Waals surface area (Å²) in [6.45, 7) is 2.54. The normalized spacial score (nSPS) is 14.7. The Hall–Kier alpha value is -2.19. The van der Waals surface area contributed by atoms with E-state index >= 15 is 0 Å². The number of ether oxygens (including phenoxy) is 1. The van der Waals surface area contributed by atoms with E-state index in [-0.39, 0.29) is 23.8 Å². The zero-order chi connectivity index (χ0) is 15.9. The van der Waals surface area contributed by atoms with E-state index in [9.17, 15) is 14.9 Å². The zero-order valence-corrected chi connectivity index (χ0v) is 12.2. The number of benzene rings is 1. The lowest BCUT2D eigenvalue weighted by atomic mass is 10.1. The fourth-order valence-electron chi connectivity index (χ4n) is 2.27. The molecule has 2 N–H and O–H groups in total. The molecule has 120 valence electrons. The van der Waals surface area contributed by atoms with E-state index in [1.165, 1.54) is 6.07 Å². The number of aliphatic hydroxyl groups is 1. The van der Waals surface area contributed by atoms with Gasteiger partial charge in [0.05, 0.1) is 18.1 Å². The van der Waals surface area contributed by atoms with Crippen molar-refractivity contribution in [3.05, 3.63) is 33.9 Å². The van der Waals surface area contributed by atoms with Crippen LogP contribution in [0.2, 0.25) is 0 Å². The van der Waals surface area contributed by atoms with E-state index in [0.29, 0.717) is 45.0 Å². The highest BCUT2D eigenvalue weighted by Crippen LogP contribution is 2.29. The van der Waals surface area contributed by atoms with Crippen molar-refractivity contribution in [2.75, 3.05) is 44.4 Å². The van der Waals surface area contributed by atoms with Gasteiger partial charge in [-0.3, -0.25) is 14.9 Å². The average molecular weight is 309 g/mol. The average Bonchev–Trinajstić information content (AvgIpc) is 2.55. The molecule has 8 nitrogen and oxygen atoms in total. The Kier molecular flexibility index (Phi) is 5.68. The van der Waals surface area contributed by atoms with Crippen LogP contribution < -0.4 is 10.2 Å². The zero-order valence-electron chi connectivity index (χ0n) is 12.2. The van der Waals surface area contributed by atoms with Crippen LogP contribution in [0, 0.1) is 10.1 Å². The predicted molar refractivity (Wildman–Crippen MR) is 80.2 cm³/mol. The topological polar surface area (TPSA) is 105 Å². The van der Waals surface area contributed by atoms with Crippen molar-refractivity contribution in [2.24, 2.45) is 0 Å². The van der Waals surface area contributed by atoms with Gasteiger partial charge in [0.1, 0.15) is 5.69 Å². The Morgan fingerprint density at radius 3 is 2.77 bits per heavy atom. The molecule has 1 aliphatic rings. The van der Waals surface area contributed by atoms with Crippen molar-refractivity contribution in [1.29, 1.82) is 0 Å². The summed E-state index contributed by atoms with van der Waals surface area (Å²) in [6, 6.07) is 4.47. The maximum atomic E-state index is 11.9. The highest BCUT2D eigenvalue weighted by Gasteiger charge is 2.23. The molecule has 0 saturated carbocycles. The molecule has 0 aliphatic carbocycles. The number of anilines is 1. The number of rotatable bonds is 6. The molecule has 22 heavy (non-hydrogen) atoms. The number of hydrogen-bond acceptors (Lipinski definition) is 6. The summed E-state index contributed by atoms with van der Waals surface area (Å²) in [5.74, 6) is -0.384. The Morgan fingerprint density at radius 2 is 2.14 bits per heavy atom. The second-order valence-electron chi connectivity index (χ2n) is 4.89.